The van der Waals surface area contributed by atoms with Gasteiger partial charge in [-0.25, -0.2) is 4.98 Å². The Morgan fingerprint density at radius 2 is 2.21 bits per heavy atom. The number of nitrogens with one attached hydrogen (secondary N) is 1. The number of likely N-dealkylation sites (N-methyl/N-ethyl adjacent to an activating group) is 1. The molecule has 2 aromatic rings. The van der Waals surface area contributed by atoms with Gasteiger partial charge in [-0.1, -0.05) is 6.07 Å². The van der Waals surface area contributed by atoms with Crippen molar-refractivity contribution in [3.63, 3.8) is 0 Å². The number of aromatic nitrogens is 2. The molecule has 5 nitrogen and oxygen atoms in total. The first-order valence-electron chi connectivity index (χ1n) is 6.59. The van der Waals surface area contributed by atoms with E-state index in [9.17, 15) is 0 Å². The van der Waals surface area contributed by atoms with Gasteiger partial charge >= 0.3 is 0 Å². The van der Waals surface area contributed by atoms with Gasteiger partial charge in [0.25, 0.3) is 0 Å². The summed E-state index contributed by atoms with van der Waals surface area (Å²) < 4.78 is 5.60. The van der Waals surface area contributed by atoms with Gasteiger partial charge in [-0.05, 0) is 31.2 Å². The fourth-order valence-electron chi connectivity index (χ4n) is 1.93. The zero-order chi connectivity index (χ0) is 13.5. The van der Waals surface area contributed by atoms with E-state index in [0.29, 0.717) is 19.8 Å². The summed E-state index contributed by atoms with van der Waals surface area (Å²) in [5.41, 5.74) is 3.30. The molecule has 0 aliphatic rings. The third-order valence-corrected chi connectivity index (χ3v) is 3.12. The number of hydrogen-bond donors (Lipinski definition) is 2. The molecule has 0 spiro atoms. The van der Waals surface area contributed by atoms with Gasteiger partial charge in [-0.3, -0.25) is 0 Å². The van der Waals surface area contributed by atoms with Gasteiger partial charge in [0.15, 0.2) is 0 Å². The number of aromatic amines is 1. The van der Waals surface area contributed by atoms with E-state index in [2.05, 4.69) is 27.0 Å². The van der Waals surface area contributed by atoms with Crippen molar-refractivity contribution in [2.75, 3.05) is 40.0 Å². The van der Waals surface area contributed by atoms with Crippen molar-refractivity contribution in [1.29, 1.82) is 0 Å². The highest BCUT2D eigenvalue weighted by atomic mass is 16.5. The topological polar surface area (TPSA) is 61.4 Å². The van der Waals surface area contributed by atoms with Gasteiger partial charge in [0, 0.05) is 13.1 Å². The number of hydrogen-bond acceptors (Lipinski definition) is 4. The van der Waals surface area contributed by atoms with E-state index in [1.54, 1.807) is 6.33 Å². The number of nitrogens with zero attached hydrogens (tertiary/aromatic N) is 2. The van der Waals surface area contributed by atoms with Gasteiger partial charge < -0.3 is 19.7 Å². The Labute approximate surface area is 113 Å². The Balaban J connectivity index is 1.68. The van der Waals surface area contributed by atoms with Crippen molar-refractivity contribution in [2.24, 2.45) is 0 Å². The Bertz CT molecular complexity index is 498. The highest BCUT2D eigenvalue weighted by molar-refractivity contribution is 5.74. The van der Waals surface area contributed by atoms with E-state index in [1.807, 2.05) is 13.1 Å². The summed E-state index contributed by atoms with van der Waals surface area (Å²) in [7, 11) is 1.98. The van der Waals surface area contributed by atoms with Crippen LogP contribution in [-0.2, 0) is 11.2 Å². The summed E-state index contributed by atoms with van der Waals surface area (Å²) in [6.45, 7) is 3.14. The largest absolute Gasteiger partial charge is 0.395 e. The number of benzene rings is 1. The lowest BCUT2D eigenvalue weighted by Gasteiger charge is -2.14. The molecular weight excluding hydrogens is 242 g/mol. The van der Waals surface area contributed by atoms with Crippen molar-refractivity contribution in [3.8, 4) is 0 Å². The maximum Gasteiger partial charge on any atom is 0.0931 e. The first-order valence-corrected chi connectivity index (χ1v) is 6.59. The predicted octanol–water partition coefficient (Wildman–Crippen LogP) is 1.05. The second-order valence-corrected chi connectivity index (χ2v) is 4.64. The highest BCUT2D eigenvalue weighted by Crippen LogP contribution is 2.11. The normalized spacial score (nSPS) is 11.5. The Hall–Kier alpha value is -1.43. The van der Waals surface area contributed by atoms with Crippen LogP contribution in [0.2, 0.25) is 0 Å². The first-order chi connectivity index (χ1) is 9.29. The predicted molar refractivity (Wildman–Crippen MR) is 75.2 cm³/mol. The van der Waals surface area contributed by atoms with E-state index >= 15 is 0 Å². The second-order valence-electron chi connectivity index (χ2n) is 4.64. The molecule has 0 saturated carbocycles. The lowest BCUT2D eigenvalue weighted by molar-refractivity contribution is 0.107. The summed E-state index contributed by atoms with van der Waals surface area (Å²) in [5.74, 6) is 0. The average Bonchev–Trinajstić information content (AvgIpc) is 2.86. The maximum absolute atomic E-state index is 8.77. The Morgan fingerprint density at radius 1 is 1.32 bits per heavy atom. The molecular formula is C14H21N3O2. The fraction of sp³-hybridized carbons (Fsp3) is 0.500. The van der Waals surface area contributed by atoms with E-state index < -0.39 is 0 Å². The molecule has 2 N–H and O–H groups in total. The Morgan fingerprint density at radius 3 is 3.05 bits per heavy atom. The molecule has 2 rings (SSSR count). The van der Waals surface area contributed by atoms with Crippen LogP contribution >= 0.6 is 0 Å². The van der Waals surface area contributed by atoms with Crippen LogP contribution in [0.25, 0.3) is 11.0 Å². The minimum absolute atomic E-state index is 0.195. The van der Waals surface area contributed by atoms with Crippen molar-refractivity contribution in [1.82, 2.24) is 14.9 Å². The number of imidazole rings is 1. The molecule has 104 valence electrons. The van der Waals surface area contributed by atoms with Gasteiger partial charge in [0.05, 0.1) is 37.2 Å². The molecule has 1 heterocycles. The number of fused-ring (bicyclic) bond motifs is 1. The first kappa shape index (κ1) is 14.0. The summed E-state index contributed by atoms with van der Waals surface area (Å²) in [6, 6.07) is 6.24. The smallest absolute Gasteiger partial charge is 0.0931 e. The van der Waals surface area contributed by atoms with Crippen molar-refractivity contribution < 1.29 is 9.84 Å². The minimum atomic E-state index is 0.195. The summed E-state index contributed by atoms with van der Waals surface area (Å²) >= 11 is 0. The molecule has 0 fully saturated rings. The molecule has 0 aliphatic carbocycles. The molecule has 0 atom stereocenters. The van der Waals surface area contributed by atoms with Crippen LogP contribution in [0, 0.1) is 0 Å². The van der Waals surface area contributed by atoms with Crippen LogP contribution in [-0.4, -0.2) is 59.9 Å². The van der Waals surface area contributed by atoms with Crippen LogP contribution in [0.5, 0.6) is 0 Å². The summed E-state index contributed by atoms with van der Waals surface area (Å²) in [6.07, 6.45) is 2.61. The molecule has 1 aromatic heterocycles. The Kier molecular flexibility index (Phi) is 5.32. The van der Waals surface area contributed by atoms with Crippen LogP contribution in [0.1, 0.15) is 5.56 Å². The number of ether oxygens (including phenoxy) is 1. The van der Waals surface area contributed by atoms with Gasteiger partial charge in [0.1, 0.15) is 0 Å². The average molecular weight is 263 g/mol. The maximum atomic E-state index is 8.77. The van der Waals surface area contributed by atoms with E-state index in [0.717, 1.165) is 24.0 Å². The van der Waals surface area contributed by atoms with Crippen molar-refractivity contribution in [2.45, 2.75) is 6.42 Å². The van der Waals surface area contributed by atoms with Crippen LogP contribution in [0.4, 0.5) is 0 Å². The quantitative estimate of drug-likeness (QED) is 0.699. The fourth-order valence-corrected chi connectivity index (χ4v) is 1.93. The summed E-state index contributed by atoms with van der Waals surface area (Å²) in [5, 5.41) is 8.77. The third-order valence-electron chi connectivity index (χ3n) is 3.12. The van der Waals surface area contributed by atoms with Crippen molar-refractivity contribution in [3.05, 3.63) is 30.1 Å². The van der Waals surface area contributed by atoms with Crippen LogP contribution in [0.3, 0.4) is 0 Å². The molecule has 1 aromatic carbocycles. The van der Waals surface area contributed by atoms with Crippen LogP contribution < -0.4 is 0 Å². The van der Waals surface area contributed by atoms with Crippen molar-refractivity contribution >= 4 is 11.0 Å². The molecule has 0 saturated heterocycles. The van der Waals surface area contributed by atoms with Crippen LogP contribution in [0.15, 0.2) is 24.5 Å². The summed E-state index contributed by atoms with van der Waals surface area (Å²) in [4.78, 5) is 9.37. The molecule has 0 aliphatic heterocycles. The molecule has 5 heteroatoms. The molecule has 19 heavy (non-hydrogen) atoms. The molecule has 0 amide bonds. The van der Waals surface area contributed by atoms with Gasteiger partial charge in [-0.2, -0.15) is 0 Å². The highest BCUT2D eigenvalue weighted by Gasteiger charge is 2.00. The number of aliphatic hydroxyl groups is 1. The molecule has 0 unspecified atom stereocenters. The van der Waals surface area contributed by atoms with E-state index in [1.165, 1.54) is 5.56 Å². The minimum Gasteiger partial charge on any atom is -0.395 e. The molecule has 0 bridgehead atoms. The lowest BCUT2D eigenvalue weighted by Crippen LogP contribution is -2.26. The SMILES string of the molecule is CN(CCO)CCOCCc1ccc2[nH]cnc2c1. The van der Waals surface area contributed by atoms with E-state index in [4.69, 9.17) is 9.84 Å². The standard InChI is InChI=1S/C14H21N3O2/c1-17(5-7-18)6-9-19-8-4-12-2-3-13-14(10-12)16-11-15-13/h2-3,10-11,18H,4-9H2,1H3,(H,15,16). The zero-order valence-corrected chi connectivity index (χ0v) is 11.3. The number of rotatable bonds is 8. The monoisotopic (exact) mass is 263 g/mol. The molecule has 0 radical (unpaired) electrons. The van der Waals surface area contributed by atoms with Gasteiger partial charge in [-0.15, -0.1) is 0 Å². The third kappa shape index (κ3) is 4.31. The van der Waals surface area contributed by atoms with Gasteiger partial charge in [0.2, 0.25) is 0 Å². The number of H-pyrrole nitrogens is 1. The number of aliphatic hydroxyl groups excluding tert-OH is 1. The lowest BCUT2D eigenvalue weighted by atomic mass is 10.1. The second kappa shape index (κ2) is 7.23. The van der Waals surface area contributed by atoms with E-state index in [-0.39, 0.29) is 6.61 Å². The zero-order valence-electron chi connectivity index (χ0n) is 11.3.